The average molecular weight is 417 g/mol. The first-order valence-electron chi connectivity index (χ1n) is 8.66. The van der Waals surface area contributed by atoms with E-state index in [0.29, 0.717) is 27.2 Å². The number of hydrogen-bond donors (Lipinski definition) is 2. The fourth-order valence-electron chi connectivity index (χ4n) is 2.76. The van der Waals surface area contributed by atoms with Crippen molar-refractivity contribution >= 4 is 39.8 Å². The third kappa shape index (κ3) is 4.02. The lowest BCUT2D eigenvalue weighted by Gasteiger charge is -2.06. The third-order valence-corrected chi connectivity index (χ3v) is 5.17. The number of nitrogens with zero attached hydrogens (tertiary/aromatic N) is 2. The van der Waals surface area contributed by atoms with E-state index in [-0.39, 0.29) is 19.1 Å². The number of benzene rings is 1. The maximum atomic E-state index is 12.4. The van der Waals surface area contributed by atoms with Gasteiger partial charge in [-0.25, -0.2) is 9.97 Å². The van der Waals surface area contributed by atoms with Crippen molar-refractivity contribution in [3.05, 3.63) is 46.4 Å². The van der Waals surface area contributed by atoms with Crippen LogP contribution in [0.3, 0.4) is 0 Å². The summed E-state index contributed by atoms with van der Waals surface area (Å²) in [5.41, 5.74) is 2.38. The molecule has 1 aromatic carbocycles. The Morgan fingerprint density at radius 3 is 2.93 bits per heavy atom. The van der Waals surface area contributed by atoms with Gasteiger partial charge in [0.05, 0.1) is 12.1 Å². The molecule has 1 aliphatic heterocycles. The van der Waals surface area contributed by atoms with Gasteiger partial charge < -0.3 is 20.1 Å². The highest BCUT2D eigenvalue weighted by atomic mass is 35.5. The van der Waals surface area contributed by atoms with Crippen molar-refractivity contribution in [1.29, 1.82) is 0 Å². The van der Waals surface area contributed by atoms with Gasteiger partial charge in [-0.05, 0) is 30.7 Å². The molecule has 1 amide bonds. The van der Waals surface area contributed by atoms with E-state index in [4.69, 9.17) is 21.1 Å². The quantitative estimate of drug-likeness (QED) is 0.626. The Hall–Kier alpha value is -2.84. The Morgan fingerprint density at radius 1 is 1.29 bits per heavy atom. The van der Waals surface area contributed by atoms with Crippen LogP contribution in [0, 0.1) is 0 Å². The molecule has 0 saturated carbocycles. The van der Waals surface area contributed by atoms with Gasteiger partial charge >= 0.3 is 0 Å². The van der Waals surface area contributed by atoms with Crippen molar-refractivity contribution in [2.24, 2.45) is 0 Å². The fourth-order valence-corrected chi connectivity index (χ4v) is 3.72. The second-order valence-electron chi connectivity index (χ2n) is 6.02. The number of ether oxygens (including phenoxy) is 2. The van der Waals surface area contributed by atoms with E-state index in [2.05, 4.69) is 20.6 Å². The first-order chi connectivity index (χ1) is 13.6. The predicted octanol–water partition coefficient (Wildman–Crippen LogP) is 4.20. The van der Waals surface area contributed by atoms with E-state index >= 15 is 0 Å². The second-order valence-corrected chi connectivity index (χ2v) is 7.29. The monoisotopic (exact) mass is 416 g/mol. The van der Waals surface area contributed by atoms with Gasteiger partial charge in [0, 0.05) is 34.8 Å². The predicted molar refractivity (Wildman–Crippen MR) is 109 cm³/mol. The summed E-state index contributed by atoms with van der Waals surface area (Å²) < 4.78 is 10.6. The number of anilines is 2. The molecule has 0 aliphatic carbocycles. The highest BCUT2D eigenvalue weighted by Crippen LogP contribution is 2.37. The summed E-state index contributed by atoms with van der Waals surface area (Å²) in [6, 6.07) is 7.21. The summed E-state index contributed by atoms with van der Waals surface area (Å²) in [6.07, 6.45) is 1.84. The summed E-state index contributed by atoms with van der Waals surface area (Å²) in [6.45, 7) is 2.96. The van der Waals surface area contributed by atoms with Gasteiger partial charge in [0.15, 0.2) is 16.6 Å². The lowest BCUT2D eigenvalue weighted by Crippen LogP contribution is -2.14. The smallest absolute Gasteiger partial charge is 0.231 e. The fraction of sp³-hybridized carbons (Fsp3) is 0.211. The van der Waals surface area contributed by atoms with Crippen LogP contribution >= 0.6 is 22.9 Å². The Bertz CT molecular complexity index is 1020. The molecular weight excluding hydrogens is 400 g/mol. The third-order valence-electron chi connectivity index (χ3n) is 4.06. The minimum Gasteiger partial charge on any atom is -0.454 e. The molecule has 0 fully saturated rings. The molecule has 1 aliphatic rings. The largest absolute Gasteiger partial charge is 0.454 e. The van der Waals surface area contributed by atoms with Crippen molar-refractivity contribution in [2.45, 2.75) is 13.3 Å². The molecule has 0 spiro atoms. The van der Waals surface area contributed by atoms with Crippen LogP contribution in [-0.2, 0) is 11.2 Å². The van der Waals surface area contributed by atoms with E-state index in [1.165, 1.54) is 11.3 Å². The number of thiazole rings is 1. The summed E-state index contributed by atoms with van der Waals surface area (Å²) in [4.78, 5) is 21.2. The SMILES string of the molecule is CCNc1cc(-c2csc(NC(=O)Cc3cc4c(cc3Cl)OCO4)n2)ccn1. The maximum Gasteiger partial charge on any atom is 0.231 e. The van der Waals surface area contributed by atoms with Crippen LogP contribution in [0.5, 0.6) is 11.5 Å². The zero-order valence-electron chi connectivity index (χ0n) is 15.0. The number of halogens is 1. The molecule has 2 N–H and O–H groups in total. The molecule has 0 atom stereocenters. The lowest BCUT2D eigenvalue weighted by molar-refractivity contribution is -0.115. The van der Waals surface area contributed by atoms with E-state index in [0.717, 1.165) is 23.6 Å². The number of carbonyl (C=O) groups excluding carboxylic acids is 1. The van der Waals surface area contributed by atoms with Gasteiger partial charge in [-0.15, -0.1) is 11.3 Å². The van der Waals surface area contributed by atoms with Gasteiger partial charge in [-0.1, -0.05) is 11.6 Å². The number of fused-ring (bicyclic) bond motifs is 1. The molecule has 2 aromatic heterocycles. The molecule has 28 heavy (non-hydrogen) atoms. The zero-order valence-corrected chi connectivity index (χ0v) is 16.6. The Kier molecular flexibility index (Phi) is 5.31. The van der Waals surface area contributed by atoms with Crippen LogP contribution < -0.4 is 20.1 Å². The number of nitrogens with one attached hydrogen (secondary N) is 2. The van der Waals surface area contributed by atoms with E-state index in [9.17, 15) is 4.79 Å². The molecule has 3 heterocycles. The average Bonchev–Trinajstić information content (AvgIpc) is 3.32. The Morgan fingerprint density at radius 2 is 2.11 bits per heavy atom. The van der Waals surface area contributed by atoms with E-state index in [1.54, 1.807) is 18.3 Å². The van der Waals surface area contributed by atoms with Crippen LogP contribution in [0.25, 0.3) is 11.3 Å². The van der Waals surface area contributed by atoms with Gasteiger partial charge in [0.25, 0.3) is 0 Å². The summed E-state index contributed by atoms with van der Waals surface area (Å²) in [7, 11) is 0. The second kappa shape index (κ2) is 8.04. The molecule has 9 heteroatoms. The van der Waals surface area contributed by atoms with Gasteiger partial charge in [0.1, 0.15) is 5.82 Å². The van der Waals surface area contributed by atoms with E-state index < -0.39 is 0 Å². The maximum absolute atomic E-state index is 12.4. The number of pyridine rings is 1. The van der Waals surface area contributed by atoms with Crippen molar-refractivity contribution in [1.82, 2.24) is 9.97 Å². The molecule has 0 radical (unpaired) electrons. The molecule has 0 saturated heterocycles. The van der Waals surface area contributed by atoms with E-state index in [1.807, 2.05) is 24.4 Å². The lowest BCUT2D eigenvalue weighted by atomic mass is 10.1. The highest BCUT2D eigenvalue weighted by molar-refractivity contribution is 7.14. The van der Waals surface area contributed by atoms with Crippen molar-refractivity contribution in [3.8, 4) is 22.8 Å². The number of rotatable bonds is 6. The van der Waals surface area contributed by atoms with Crippen LogP contribution in [0.15, 0.2) is 35.8 Å². The highest BCUT2D eigenvalue weighted by Gasteiger charge is 2.18. The standard InChI is InChI=1S/C19H17ClN4O3S/c1-2-21-17-6-11(3-4-22-17)14-9-28-19(23-14)24-18(25)7-12-5-15-16(8-13(12)20)27-10-26-15/h3-6,8-9H,2,7,10H2,1H3,(H,21,22)(H,23,24,25). The van der Waals surface area contributed by atoms with Gasteiger partial charge in [-0.2, -0.15) is 0 Å². The molecule has 7 nitrogen and oxygen atoms in total. The number of hydrogen-bond acceptors (Lipinski definition) is 7. The summed E-state index contributed by atoms with van der Waals surface area (Å²) >= 11 is 7.60. The van der Waals surface area contributed by atoms with Crippen molar-refractivity contribution in [3.63, 3.8) is 0 Å². The van der Waals surface area contributed by atoms with Crippen molar-refractivity contribution < 1.29 is 14.3 Å². The molecule has 4 rings (SSSR count). The first-order valence-corrected chi connectivity index (χ1v) is 9.92. The van der Waals surface area contributed by atoms with Crippen LogP contribution in [-0.4, -0.2) is 29.2 Å². The Balaban J connectivity index is 1.44. The summed E-state index contributed by atoms with van der Waals surface area (Å²) in [5, 5.41) is 8.88. The first kappa shape index (κ1) is 18.5. The van der Waals surface area contributed by atoms with Crippen LogP contribution in [0.4, 0.5) is 10.9 Å². The molecule has 0 bridgehead atoms. The Labute approximate surface area is 170 Å². The van der Waals surface area contributed by atoms with Gasteiger partial charge in [0.2, 0.25) is 12.7 Å². The normalized spacial score (nSPS) is 12.1. The zero-order chi connectivity index (χ0) is 19.5. The van der Waals surface area contributed by atoms with Gasteiger partial charge in [-0.3, -0.25) is 4.79 Å². The number of aromatic nitrogens is 2. The number of amides is 1. The molecule has 0 unspecified atom stereocenters. The van der Waals surface area contributed by atoms with Crippen LogP contribution in [0.1, 0.15) is 12.5 Å². The topological polar surface area (TPSA) is 85.4 Å². The molecule has 144 valence electrons. The van der Waals surface area contributed by atoms with Crippen LogP contribution in [0.2, 0.25) is 5.02 Å². The molecular formula is C19H17ClN4O3S. The van der Waals surface area contributed by atoms with Crippen molar-refractivity contribution in [2.75, 3.05) is 24.0 Å². The minimum absolute atomic E-state index is 0.115. The summed E-state index contributed by atoms with van der Waals surface area (Å²) in [5.74, 6) is 1.77. The minimum atomic E-state index is -0.204. The number of carbonyl (C=O) groups is 1. The molecule has 3 aromatic rings.